The van der Waals surface area contributed by atoms with Crippen LogP contribution in [0.2, 0.25) is 0 Å². The highest BCUT2D eigenvalue weighted by Crippen LogP contribution is 2.50. The number of rotatable bonds is 0. The molecule has 1 aromatic rings. The van der Waals surface area contributed by atoms with Crippen molar-refractivity contribution in [3.8, 4) is 0 Å². The van der Waals surface area contributed by atoms with Crippen LogP contribution >= 0.6 is 0 Å². The monoisotopic (exact) mass is 157 g/mol. The molecule has 0 saturated carbocycles. The molecule has 1 nitrogen and oxygen atoms in total. The Morgan fingerprint density at radius 2 is 2.00 bits per heavy atom. The number of fused-ring (bicyclic) bond motifs is 5. The molecule has 2 atom stereocenters. The maximum atomic E-state index is 5.92. The Bertz CT molecular complexity index is 365. The predicted octanol–water partition coefficient (Wildman–Crippen LogP) is 2.41. The smallest absolute Gasteiger partial charge is 0.0355 e. The number of nitrogen functional groups attached to an aromatic ring is 1. The molecule has 1 heteroatoms. The van der Waals surface area contributed by atoms with E-state index in [0.29, 0.717) is 11.8 Å². The van der Waals surface area contributed by atoms with Gasteiger partial charge in [-0.25, -0.2) is 0 Å². The fourth-order valence-corrected chi connectivity index (χ4v) is 2.50. The number of nitrogens with two attached hydrogens (primary N) is 1. The normalized spacial score (nSPS) is 29.3. The molecule has 2 aliphatic rings. The molecule has 2 N–H and O–H groups in total. The van der Waals surface area contributed by atoms with Crippen molar-refractivity contribution in [1.82, 2.24) is 0 Å². The highest BCUT2D eigenvalue weighted by Gasteiger charge is 2.33. The average Bonchev–Trinajstić information content (AvgIpc) is 2.64. The highest BCUT2D eigenvalue weighted by molar-refractivity contribution is 5.60. The highest BCUT2D eigenvalue weighted by atomic mass is 14.6. The van der Waals surface area contributed by atoms with Crippen LogP contribution in [0.3, 0.4) is 0 Å². The Balaban J connectivity index is 2.30. The fraction of sp³-hybridized carbons (Fsp3) is 0.273. The number of anilines is 1. The molecule has 0 aliphatic heterocycles. The zero-order chi connectivity index (χ0) is 8.13. The van der Waals surface area contributed by atoms with Crippen LogP contribution in [-0.2, 0) is 0 Å². The summed E-state index contributed by atoms with van der Waals surface area (Å²) in [7, 11) is 0. The molecule has 12 heavy (non-hydrogen) atoms. The summed E-state index contributed by atoms with van der Waals surface area (Å²) in [5.74, 6) is 1.28. The lowest BCUT2D eigenvalue weighted by Gasteiger charge is -2.11. The molecule has 3 rings (SSSR count). The van der Waals surface area contributed by atoms with Crippen molar-refractivity contribution in [3.63, 3.8) is 0 Å². The lowest BCUT2D eigenvalue weighted by molar-refractivity contribution is 0.805. The van der Waals surface area contributed by atoms with E-state index in [1.807, 2.05) is 6.07 Å². The minimum atomic E-state index is 0.617. The lowest BCUT2D eigenvalue weighted by atomic mass is 9.95. The number of hydrogen-bond donors (Lipinski definition) is 1. The van der Waals surface area contributed by atoms with Gasteiger partial charge in [-0.2, -0.15) is 0 Å². The van der Waals surface area contributed by atoms with Gasteiger partial charge in [0.15, 0.2) is 0 Å². The van der Waals surface area contributed by atoms with Gasteiger partial charge in [0, 0.05) is 17.5 Å². The van der Waals surface area contributed by atoms with Crippen LogP contribution in [0.5, 0.6) is 0 Å². The first kappa shape index (κ1) is 6.30. The van der Waals surface area contributed by atoms with E-state index in [1.54, 1.807) is 0 Å². The molecule has 1 aromatic carbocycles. The van der Waals surface area contributed by atoms with Gasteiger partial charge in [0.2, 0.25) is 0 Å². The van der Waals surface area contributed by atoms with E-state index in [2.05, 4.69) is 24.3 Å². The summed E-state index contributed by atoms with van der Waals surface area (Å²) in [6, 6.07) is 6.27. The third-order valence-electron chi connectivity index (χ3n) is 3.03. The topological polar surface area (TPSA) is 26.0 Å². The Morgan fingerprint density at radius 3 is 2.83 bits per heavy atom. The van der Waals surface area contributed by atoms with E-state index < -0.39 is 0 Å². The SMILES string of the molecule is Nc1cccc2c1[C@H]1C=C[C@H]2C1. The molecule has 0 saturated heterocycles. The van der Waals surface area contributed by atoms with Gasteiger partial charge >= 0.3 is 0 Å². The van der Waals surface area contributed by atoms with Gasteiger partial charge in [-0.3, -0.25) is 0 Å². The number of benzene rings is 1. The van der Waals surface area contributed by atoms with Gasteiger partial charge in [-0.1, -0.05) is 24.3 Å². The molecule has 2 bridgehead atoms. The summed E-state index contributed by atoms with van der Waals surface area (Å²) in [6.07, 6.45) is 5.86. The molecule has 2 aliphatic carbocycles. The Labute approximate surface area is 71.9 Å². The van der Waals surface area contributed by atoms with Crippen LogP contribution in [0, 0.1) is 0 Å². The molecule has 60 valence electrons. The predicted molar refractivity (Wildman–Crippen MR) is 50.1 cm³/mol. The van der Waals surface area contributed by atoms with E-state index in [1.165, 1.54) is 17.5 Å². The lowest BCUT2D eigenvalue weighted by Crippen LogP contribution is -1.98. The second kappa shape index (κ2) is 1.92. The van der Waals surface area contributed by atoms with Gasteiger partial charge in [0.25, 0.3) is 0 Å². The number of allylic oxidation sites excluding steroid dienone is 2. The Hall–Kier alpha value is -1.24. The molecule has 0 radical (unpaired) electrons. The zero-order valence-electron chi connectivity index (χ0n) is 6.83. The van der Waals surface area contributed by atoms with E-state index in [-0.39, 0.29) is 0 Å². The Kier molecular flexibility index (Phi) is 1.01. The van der Waals surface area contributed by atoms with Crippen molar-refractivity contribution in [2.75, 3.05) is 5.73 Å². The summed E-state index contributed by atoms with van der Waals surface area (Å²) in [6.45, 7) is 0. The van der Waals surface area contributed by atoms with Gasteiger partial charge in [-0.15, -0.1) is 0 Å². The van der Waals surface area contributed by atoms with Crippen molar-refractivity contribution in [3.05, 3.63) is 41.5 Å². The zero-order valence-corrected chi connectivity index (χ0v) is 6.83. The van der Waals surface area contributed by atoms with Gasteiger partial charge in [0.05, 0.1) is 0 Å². The molecule has 0 aromatic heterocycles. The number of hydrogen-bond acceptors (Lipinski definition) is 1. The first-order valence-electron chi connectivity index (χ1n) is 4.43. The summed E-state index contributed by atoms with van der Waals surface area (Å²) < 4.78 is 0. The van der Waals surface area contributed by atoms with Gasteiger partial charge in [-0.05, 0) is 23.6 Å². The largest absolute Gasteiger partial charge is 0.398 e. The van der Waals surface area contributed by atoms with E-state index in [0.717, 1.165) is 5.69 Å². The minimum absolute atomic E-state index is 0.617. The van der Waals surface area contributed by atoms with Gasteiger partial charge in [0.1, 0.15) is 0 Å². The quantitative estimate of drug-likeness (QED) is 0.454. The standard InChI is InChI=1S/C11H11N/c12-10-3-1-2-9-7-4-5-8(6-7)11(9)10/h1-5,7-8H,6,12H2/t7-,8-/m0/s1. The van der Waals surface area contributed by atoms with Crippen LogP contribution in [0.15, 0.2) is 30.4 Å². The maximum absolute atomic E-state index is 5.92. The summed E-state index contributed by atoms with van der Waals surface area (Å²) in [4.78, 5) is 0. The molecule has 0 heterocycles. The average molecular weight is 157 g/mol. The third kappa shape index (κ3) is 0.596. The van der Waals surface area contributed by atoms with Crippen molar-refractivity contribution in [2.24, 2.45) is 0 Å². The second-order valence-electron chi connectivity index (χ2n) is 3.68. The summed E-state index contributed by atoms with van der Waals surface area (Å²) in [5.41, 5.74) is 9.75. The Morgan fingerprint density at radius 1 is 1.17 bits per heavy atom. The molecular formula is C11H11N. The first-order valence-corrected chi connectivity index (χ1v) is 4.43. The van der Waals surface area contributed by atoms with E-state index >= 15 is 0 Å². The van der Waals surface area contributed by atoms with Crippen LogP contribution in [0.25, 0.3) is 0 Å². The van der Waals surface area contributed by atoms with Gasteiger partial charge < -0.3 is 5.73 Å². The molecule has 0 spiro atoms. The van der Waals surface area contributed by atoms with Crippen molar-refractivity contribution < 1.29 is 0 Å². The molecule has 0 unspecified atom stereocenters. The fourth-order valence-electron chi connectivity index (χ4n) is 2.50. The molecule has 0 fully saturated rings. The van der Waals surface area contributed by atoms with Crippen LogP contribution in [0.4, 0.5) is 5.69 Å². The molecular weight excluding hydrogens is 146 g/mol. The maximum Gasteiger partial charge on any atom is 0.0355 e. The van der Waals surface area contributed by atoms with E-state index in [4.69, 9.17) is 5.73 Å². The van der Waals surface area contributed by atoms with Crippen LogP contribution in [-0.4, -0.2) is 0 Å². The second-order valence-corrected chi connectivity index (χ2v) is 3.68. The van der Waals surface area contributed by atoms with Crippen molar-refractivity contribution in [1.29, 1.82) is 0 Å². The molecule has 0 amide bonds. The summed E-state index contributed by atoms with van der Waals surface area (Å²) in [5, 5.41) is 0. The third-order valence-corrected chi connectivity index (χ3v) is 3.03. The van der Waals surface area contributed by atoms with Crippen LogP contribution < -0.4 is 5.73 Å². The van der Waals surface area contributed by atoms with E-state index in [9.17, 15) is 0 Å². The van der Waals surface area contributed by atoms with Crippen LogP contribution in [0.1, 0.15) is 29.4 Å². The van der Waals surface area contributed by atoms with Crippen molar-refractivity contribution >= 4 is 5.69 Å². The van der Waals surface area contributed by atoms with Crippen molar-refractivity contribution in [2.45, 2.75) is 18.3 Å². The minimum Gasteiger partial charge on any atom is -0.398 e. The summed E-state index contributed by atoms with van der Waals surface area (Å²) >= 11 is 0. The first-order chi connectivity index (χ1) is 5.86.